The highest BCUT2D eigenvalue weighted by atomic mass is 15.1. The molecule has 1 atom stereocenters. The first-order valence-electron chi connectivity index (χ1n) is 6.40. The highest BCUT2D eigenvalue weighted by Gasteiger charge is 2.20. The van der Waals surface area contributed by atoms with E-state index in [1.54, 1.807) is 0 Å². The molecule has 0 aliphatic carbocycles. The van der Waals surface area contributed by atoms with Crippen LogP contribution in [0.1, 0.15) is 60.8 Å². The lowest BCUT2D eigenvalue weighted by molar-refractivity contribution is 0.272. The Morgan fingerprint density at radius 1 is 1.14 bits per heavy atom. The number of hydrogen-bond donors (Lipinski definition) is 0. The van der Waals surface area contributed by atoms with Gasteiger partial charge in [-0.2, -0.15) is 0 Å². The van der Waals surface area contributed by atoms with Gasteiger partial charge < -0.3 is 4.90 Å². The largest absolute Gasteiger partial charge is 0.303 e. The Hall–Kier alpha value is -0.0400. The predicted octanol–water partition coefficient (Wildman–Crippen LogP) is 4.18. The van der Waals surface area contributed by atoms with Gasteiger partial charge >= 0.3 is 0 Å². The normalized spacial score (nSPS) is 21.0. The maximum Gasteiger partial charge on any atom is 0.00951 e. The Labute approximate surface area is 91.9 Å². The minimum atomic E-state index is 0.866. The zero-order valence-corrected chi connectivity index (χ0v) is 11.4. The molecule has 1 unspecified atom stereocenters. The van der Waals surface area contributed by atoms with Crippen LogP contribution < -0.4 is 0 Å². The Bertz CT molecular complexity index is 99.4. The molecular formula is C13H31N. The predicted molar refractivity (Wildman–Crippen MR) is 67.8 cm³/mol. The molecule has 0 bridgehead atoms. The van der Waals surface area contributed by atoms with Crippen LogP contribution in [0.3, 0.4) is 0 Å². The van der Waals surface area contributed by atoms with Gasteiger partial charge in [0.15, 0.2) is 0 Å². The lowest BCUT2D eigenvalue weighted by atomic mass is 10.0. The molecule has 1 heterocycles. The maximum absolute atomic E-state index is 2.50. The van der Waals surface area contributed by atoms with E-state index >= 15 is 0 Å². The summed E-state index contributed by atoms with van der Waals surface area (Å²) in [6.07, 6.45) is 4.22. The maximum atomic E-state index is 2.50. The van der Waals surface area contributed by atoms with Crippen molar-refractivity contribution in [2.75, 3.05) is 13.6 Å². The number of nitrogens with zero attached hydrogens (tertiary/aromatic N) is 1. The molecule has 1 nitrogen and oxygen atoms in total. The Morgan fingerprint density at radius 2 is 1.64 bits per heavy atom. The van der Waals surface area contributed by atoms with Gasteiger partial charge in [-0.1, -0.05) is 41.5 Å². The van der Waals surface area contributed by atoms with E-state index in [0.29, 0.717) is 0 Å². The summed E-state index contributed by atoms with van der Waals surface area (Å²) in [7, 11) is 2.25. The summed E-state index contributed by atoms with van der Waals surface area (Å²) in [4.78, 5) is 2.50. The van der Waals surface area contributed by atoms with E-state index in [9.17, 15) is 0 Å². The number of rotatable bonds is 2. The van der Waals surface area contributed by atoms with Crippen LogP contribution in [-0.4, -0.2) is 24.5 Å². The molecule has 1 saturated heterocycles. The topological polar surface area (TPSA) is 3.24 Å². The van der Waals surface area contributed by atoms with Gasteiger partial charge in [-0.3, -0.25) is 0 Å². The van der Waals surface area contributed by atoms with E-state index in [-0.39, 0.29) is 0 Å². The van der Waals surface area contributed by atoms with Crippen molar-refractivity contribution in [3.63, 3.8) is 0 Å². The van der Waals surface area contributed by atoms with Gasteiger partial charge in [-0.05, 0) is 38.8 Å². The summed E-state index contributed by atoms with van der Waals surface area (Å²) in [6.45, 7) is 13.9. The van der Waals surface area contributed by atoms with Gasteiger partial charge in [0, 0.05) is 6.04 Å². The van der Waals surface area contributed by atoms with Gasteiger partial charge in [0.2, 0.25) is 0 Å². The van der Waals surface area contributed by atoms with Gasteiger partial charge in [0.05, 0.1) is 0 Å². The van der Waals surface area contributed by atoms with Crippen molar-refractivity contribution in [2.45, 2.75) is 66.8 Å². The molecule has 0 aromatic carbocycles. The van der Waals surface area contributed by atoms with Gasteiger partial charge in [0.25, 0.3) is 0 Å². The van der Waals surface area contributed by atoms with Crippen LogP contribution in [0.2, 0.25) is 0 Å². The molecule has 0 N–H and O–H groups in total. The van der Waals surface area contributed by atoms with Crippen LogP contribution in [0.5, 0.6) is 0 Å². The van der Waals surface area contributed by atoms with Crippen molar-refractivity contribution in [3.05, 3.63) is 0 Å². The van der Waals surface area contributed by atoms with E-state index in [2.05, 4.69) is 25.8 Å². The van der Waals surface area contributed by atoms with Crippen molar-refractivity contribution in [1.29, 1.82) is 0 Å². The summed E-state index contributed by atoms with van der Waals surface area (Å²) >= 11 is 0. The highest BCUT2D eigenvalue weighted by Crippen LogP contribution is 2.20. The quantitative estimate of drug-likeness (QED) is 0.648. The van der Waals surface area contributed by atoms with Crippen molar-refractivity contribution in [3.8, 4) is 0 Å². The van der Waals surface area contributed by atoms with Crippen LogP contribution in [0.15, 0.2) is 0 Å². The van der Waals surface area contributed by atoms with Crippen LogP contribution in [0.25, 0.3) is 0 Å². The van der Waals surface area contributed by atoms with Crippen molar-refractivity contribution in [1.82, 2.24) is 4.90 Å². The van der Waals surface area contributed by atoms with Crippen molar-refractivity contribution < 1.29 is 0 Å². The smallest absolute Gasteiger partial charge is 0.00951 e. The lowest BCUT2D eigenvalue weighted by Gasteiger charge is -2.20. The molecule has 0 aromatic heterocycles. The van der Waals surface area contributed by atoms with E-state index in [4.69, 9.17) is 0 Å². The fourth-order valence-corrected chi connectivity index (χ4v) is 1.82. The summed E-state index contributed by atoms with van der Waals surface area (Å²) in [5.74, 6) is 0.866. The second kappa shape index (κ2) is 11.0. The highest BCUT2D eigenvalue weighted by molar-refractivity contribution is 4.76. The summed E-state index contributed by atoms with van der Waals surface area (Å²) in [5.41, 5.74) is 0. The van der Waals surface area contributed by atoms with E-state index in [1.165, 1.54) is 25.8 Å². The molecule has 1 fully saturated rings. The Morgan fingerprint density at radius 3 is 1.93 bits per heavy atom. The first kappa shape index (κ1) is 16.4. The fourth-order valence-electron chi connectivity index (χ4n) is 1.82. The molecule has 1 heteroatoms. The number of hydrogen-bond acceptors (Lipinski definition) is 1. The van der Waals surface area contributed by atoms with E-state index < -0.39 is 0 Å². The average molecular weight is 201 g/mol. The minimum Gasteiger partial charge on any atom is -0.303 e. The molecule has 0 aromatic rings. The average Bonchev–Trinajstić information content (AvgIpc) is 2.58. The van der Waals surface area contributed by atoms with Crippen LogP contribution >= 0.6 is 0 Å². The summed E-state index contributed by atoms with van der Waals surface area (Å²) < 4.78 is 0. The first-order chi connectivity index (χ1) is 6.70. The second-order valence-corrected chi connectivity index (χ2v) is 3.91. The zero-order chi connectivity index (χ0) is 11.6. The SMILES string of the molecule is CC.CC.CC(C)CC1CCCN1C. The van der Waals surface area contributed by atoms with E-state index in [1.807, 2.05) is 27.7 Å². The van der Waals surface area contributed by atoms with Crippen LogP contribution in [-0.2, 0) is 0 Å². The zero-order valence-electron chi connectivity index (χ0n) is 11.4. The van der Waals surface area contributed by atoms with Crippen molar-refractivity contribution >= 4 is 0 Å². The van der Waals surface area contributed by atoms with Crippen LogP contribution in [0.4, 0.5) is 0 Å². The molecule has 0 amide bonds. The molecule has 1 rings (SSSR count). The van der Waals surface area contributed by atoms with Gasteiger partial charge in [-0.25, -0.2) is 0 Å². The third kappa shape index (κ3) is 7.37. The van der Waals surface area contributed by atoms with E-state index in [0.717, 1.165) is 12.0 Å². The molecule has 0 radical (unpaired) electrons. The Kier molecular flexibility index (Phi) is 12.9. The molecule has 1 aliphatic heterocycles. The Balaban J connectivity index is 0. The second-order valence-electron chi connectivity index (χ2n) is 3.91. The van der Waals surface area contributed by atoms with Crippen LogP contribution in [0, 0.1) is 5.92 Å². The fraction of sp³-hybridized carbons (Fsp3) is 1.00. The van der Waals surface area contributed by atoms with Gasteiger partial charge in [-0.15, -0.1) is 0 Å². The summed E-state index contributed by atoms with van der Waals surface area (Å²) in [6, 6.07) is 0.889. The monoisotopic (exact) mass is 201 g/mol. The molecular weight excluding hydrogens is 170 g/mol. The summed E-state index contributed by atoms with van der Waals surface area (Å²) in [5, 5.41) is 0. The molecule has 88 valence electrons. The number of likely N-dealkylation sites (tertiary alicyclic amines) is 1. The molecule has 0 spiro atoms. The lowest BCUT2D eigenvalue weighted by Crippen LogP contribution is -2.25. The first-order valence-corrected chi connectivity index (χ1v) is 6.40. The molecule has 0 saturated carbocycles. The van der Waals surface area contributed by atoms with Gasteiger partial charge in [0.1, 0.15) is 0 Å². The molecule has 14 heavy (non-hydrogen) atoms. The standard InChI is InChI=1S/C9H19N.2C2H6/c1-8(2)7-9-5-4-6-10(9)3;2*1-2/h8-9H,4-7H2,1-3H3;2*1-2H3. The third-order valence-electron chi connectivity index (χ3n) is 2.41. The van der Waals surface area contributed by atoms with Crippen molar-refractivity contribution in [2.24, 2.45) is 5.92 Å². The third-order valence-corrected chi connectivity index (χ3v) is 2.41. The molecule has 1 aliphatic rings. The minimum absolute atomic E-state index is 0.866.